The molecule has 0 aliphatic rings. The summed E-state index contributed by atoms with van der Waals surface area (Å²) in [6.45, 7) is 0. The first-order valence-electron chi connectivity index (χ1n) is 7.94. The molecule has 1 heterocycles. The van der Waals surface area contributed by atoms with Crippen molar-refractivity contribution in [3.63, 3.8) is 0 Å². The van der Waals surface area contributed by atoms with Gasteiger partial charge in [0, 0.05) is 10.6 Å². The number of nitrogen functional groups attached to an aromatic ring is 1. The number of pyridine rings is 1. The second kappa shape index (κ2) is 7.86. The molecule has 0 aliphatic heterocycles. The molecule has 3 aromatic rings. The Bertz CT molecular complexity index is 1190. The highest BCUT2D eigenvalue weighted by Gasteiger charge is 2.26. The number of carboxylic acid groups (broad SMARTS) is 2. The average Bonchev–Trinajstić information content (AvgIpc) is 2.63. The van der Waals surface area contributed by atoms with Crippen LogP contribution in [-0.2, 0) is 0 Å². The number of anilines is 1. The van der Waals surface area contributed by atoms with Gasteiger partial charge in [-0.25, -0.2) is 9.59 Å². The van der Waals surface area contributed by atoms with Crippen LogP contribution in [0.25, 0.3) is 11.1 Å². The van der Waals surface area contributed by atoms with Crippen LogP contribution >= 0.6 is 23.2 Å². The molecule has 3 rings (SSSR count). The number of benzene rings is 2. The van der Waals surface area contributed by atoms with Gasteiger partial charge in [-0.3, -0.25) is 4.79 Å². The van der Waals surface area contributed by atoms with Gasteiger partial charge >= 0.3 is 11.9 Å². The Hall–Kier alpha value is -3.49. The van der Waals surface area contributed by atoms with E-state index in [1.807, 2.05) is 4.98 Å². The lowest BCUT2D eigenvalue weighted by Gasteiger charge is -2.13. The van der Waals surface area contributed by atoms with Crippen LogP contribution in [0.1, 0.15) is 20.7 Å². The number of nitrogens with two attached hydrogens (primary N) is 1. The molecule has 0 fully saturated rings. The highest BCUT2D eigenvalue weighted by atomic mass is 35.5. The summed E-state index contributed by atoms with van der Waals surface area (Å²) in [6, 6.07) is 10.4. The van der Waals surface area contributed by atoms with Crippen LogP contribution < -0.4 is 16.0 Å². The zero-order valence-corrected chi connectivity index (χ0v) is 15.9. The van der Waals surface area contributed by atoms with E-state index in [1.54, 1.807) is 12.1 Å². The lowest BCUT2D eigenvalue weighted by molar-refractivity contribution is 0.0695. The van der Waals surface area contributed by atoms with Gasteiger partial charge in [0.1, 0.15) is 28.4 Å². The first-order chi connectivity index (χ1) is 13.7. The highest BCUT2D eigenvalue weighted by Crippen LogP contribution is 2.34. The normalized spacial score (nSPS) is 10.6. The fraction of sp³-hybridized carbons (Fsp3) is 0. The van der Waals surface area contributed by atoms with Crippen molar-refractivity contribution in [2.75, 3.05) is 5.73 Å². The molecule has 148 valence electrons. The van der Waals surface area contributed by atoms with Crippen LogP contribution in [0.3, 0.4) is 0 Å². The largest absolute Gasteiger partial charge is 0.478 e. The van der Waals surface area contributed by atoms with Crippen LogP contribution in [0.4, 0.5) is 5.82 Å². The minimum atomic E-state index is -1.59. The highest BCUT2D eigenvalue weighted by molar-refractivity contribution is 6.35. The average molecular weight is 435 g/mol. The molecule has 0 aliphatic carbocycles. The van der Waals surface area contributed by atoms with Crippen LogP contribution in [0.5, 0.6) is 11.5 Å². The van der Waals surface area contributed by atoms with Gasteiger partial charge in [-0.15, -0.1) is 0 Å². The number of carbonyl (C=O) groups is 2. The van der Waals surface area contributed by atoms with Crippen molar-refractivity contribution in [1.82, 2.24) is 4.98 Å². The first kappa shape index (κ1) is 20.2. The molecular formula is C19H12Cl2N2O6. The van der Waals surface area contributed by atoms with Crippen molar-refractivity contribution in [3.8, 4) is 22.6 Å². The predicted octanol–water partition coefficient (Wildman–Crippen LogP) is 4.12. The molecule has 0 saturated carbocycles. The molecule has 0 amide bonds. The van der Waals surface area contributed by atoms with E-state index in [0.29, 0.717) is 16.5 Å². The Morgan fingerprint density at radius 3 is 2.14 bits per heavy atom. The van der Waals surface area contributed by atoms with Gasteiger partial charge in [-0.2, -0.15) is 0 Å². The van der Waals surface area contributed by atoms with Crippen molar-refractivity contribution >= 4 is 41.0 Å². The number of rotatable bonds is 5. The fourth-order valence-corrected chi connectivity index (χ4v) is 3.16. The summed E-state index contributed by atoms with van der Waals surface area (Å²) >= 11 is 11.9. The molecule has 2 aromatic carbocycles. The summed E-state index contributed by atoms with van der Waals surface area (Å²) < 4.78 is 5.64. The lowest BCUT2D eigenvalue weighted by atomic mass is 9.95. The third-order valence-corrected chi connectivity index (χ3v) is 4.47. The number of halogens is 2. The van der Waals surface area contributed by atoms with Crippen LogP contribution in [0, 0.1) is 0 Å². The zero-order chi connectivity index (χ0) is 21.3. The van der Waals surface area contributed by atoms with Gasteiger partial charge < -0.3 is 25.7 Å². The number of ether oxygens (including phenoxy) is 1. The van der Waals surface area contributed by atoms with Gasteiger partial charge in [0.05, 0.1) is 5.02 Å². The number of aromatic nitrogens is 1. The maximum absolute atomic E-state index is 12.1. The molecule has 0 saturated heterocycles. The fourth-order valence-electron chi connectivity index (χ4n) is 2.71. The Morgan fingerprint density at radius 1 is 0.966 bits per heavy atom. The minimum absolute atomic E-state index is 0.159. The number of aromatic carboxylic acids is 2. The number of aromatic amines is 1. The minimum Gasteiger partial charge on any atom is -0.478 e. The number of hydrogen-bond acceptors (Lipinski definition) is 5. The third kappa shape index (κ3) is 4.03. The van der Waals surface area contributed by atoms with Crippen LogP contribution in [-0.4, -0.2) is 27.1 Å². The van der Waals surface area contributed by atoms with Gasteiger partial charge in [-0.1, -0.05) is 35.3 Å². The van der Waals surface area contributed by atoms with Crippen molar-refractivity contribution < 1.29 is 24.5 Å². The van der Waals surface area contributed by atoms with E-state index >= 15 is 0 Å². The first-order valence-corrected chi connectivity index (χ1v) is 8.70. The van der Waals surface area contributed by atoms with E-state index < -0.39 is 34.4 Å². The Morgan fingerprint density at radius 2 is 1.59 bits per heavy atom. The second-order valence-electron chi connectivity index (χ2n) is 5.80. The van der Waals surface area contributed by atoms with E-state index in [1.165, 1.54) is 30.3 Å². The Labute approximate surface area is 173 Å². The molecule has 8 nitrogen and oxygen atoms in total. The van der Waals surface area contributed by atoms with E-state index in [9.17, 15) is 24.6 Å². The molecule has 29 heavy (non-hydrogen) atoms. The van der Waals surface area contributed by atoms with Gasteiger partial charge in [0.15, 0.2) is 0 Å². The maximum Gasteiger partial charge on any atom is 0.342 e. The number of H-pyrrole nitrogens is 1. The van der Waals surface area contributed by atoms with E-state index in [4.69, 9.17) is 33.7 Å². The smallest absolute Gasteiger partial charge is 0.342 e. The number of nitrogens with one attached hydrogen (secondary N) is 1. The molecule has 0 bridgehead atoms. The zero-order valence-electron chi connectivity index (χ0n) is 14.4. The van der Waals surface area contributed by atoms with Crippen LogP contribution in [0.2, 0.25) is 10.0 Å². The standard InChI is InChI=1S/C19H12Cl2N2O6/c20-9-3-6-12(11(21)7-9)29-10-4-1-8(2-5-10)13-14(18(25)26)16(22)23-17(24)15(13)19(27)28/h1-7H,(H,25,26)(H,27,28)(H3,22,23,24). The van der Waals surface area contributed by atoms with Gasteiger partial charge in [-0.05, 0) is 35.9 Å². The second-order valence-corrected chi connectivity index (χ2v) is 6.65. The summed E-state index contributed by atoms with van der Waals surface area (Å²) in [5.74, 6) is -2.84. The van der Waals surface area contributed by atoms with Gasteiger partial charge in [0.2, 0.25) is 0 Å². The molecule has 0 radical (unpaired) electrons. The van der Waals surface area contributed by atoms with Crippen molar-refractivity contribution in [1.29, 1.82) is 0 Å². The SMILES string of the molecule is Nc1[nH]c(=O)c(C(=O)O)c(-c2ccc(Oc3ccc(Cl)cc3Cl)cc2)c1C(=O)O. The van der Waals surface area contributed by atoms with Crippen molar-refractivity contribution in [3.05, 3.63) is 74.0 Å². The lowest BCUT2D eigenvalue weighted by Crippen LogP contribution is -2.24. The maximum atomic E-state index is 12.1. The quantitative estimate of drug-likeness (QED) is 0.472. The number of carboxylic acids is 2. The Kier molecular flexibility index (Phi) is 5.49. The predicted molar refractivity (Wildman–Crippen MR) is 107 cm³/mol. The monoisotopic (exact) mass is 434 g/mol. The van der Waals surface area contributed by atoms with E-state index in [-0.39, 0.29) is 16.1 Å². The van der Waals surface area contributed by atoms with Crippen molar-refractivity contribution in [2.24, 2.45) is 0 Å². The topological polar surface area (TPSA) is 143 Å². The molecule has 5 N–H and O–H groups in total. The Balaban J connectivity index is 2.09. The van der Waals surface area contributed by atoms with E-state index in [0.717, 1.165) is 0 Å². The number of hydrogen-bond donors (Lipinski definition) is 4. The molecule has 1 aromatic heterocycles. The molecule has 0 unspecified atom stereocenters. The summed E-state index contributed by atoms with van der Waals surface area (Å²) in [5.41, 5.74) is 3.21. The molecule has 0 spiro atoms. The van der Waals surface area contributed by atoms with E-state index in [2.05, 4.69) is 0 Å². The van der Waals surface area contributed by atoms with Crippen LogP contribution in [0.15, 0.2) is 47.3 Å². The molecule has 0 atom stereocenters. The summed E-state index contributed by atoms with van der Waals surface area (Å²) in [5, 5.41) is 19.6. The van der Waals surface area contributed by atoms with Crippen molar-refractivity contribution in [2.45, 2.75) is 0 Å². The third-order valence-electron chi connectivity index (χ3n) is 3.94. The molecular weight excluding hydrogens is 423 g/mol. The summed E-state index contributed by atoms with van der Waals surface area (Å²) in [6.07, 6.45) is 0. The van der Waals surface area contributed by atoms with Gasteiger partial charge in [0.25, 0.3) is 5.56 Å². The summed E-state index contributed by atoms with van der Waals surface area (Å²) in [7, 11) is 0. The summed E-state index contributed by atoms with van der Waals surface area (Å²) in [4.78, 5) is 37.3. The molecule has 10 heteroatoms.